The van der Waals surface area contributed by atoms with Gasteiger partial charge in [-0.05, 0) is 42.9 Å². The Bertz CT molecular complexity index is 1390. The molecule has 1 aliphatic rings. The molecule has 326 valence electrons. The van der Waals surface area contributed by atoms with Gasteiger partial charge in [0.15, 0.2) is 5.06 Å². The van der Waals surface area contributed by atoms with Crippen molar-refractivity contribution >= 4 is 77.7 Å². The number of nitrogens with two attached hydrogens (primary N) is 1. The van der Waals surface area contributed by atoms with Gasteiger partial charge in [0, 0.05) is 23.2 Å². The lowest BCUT2D eigenvalue weighted by molar-refractivity contribution is -0.153. The van der Waals surface area contributed by atoms with Crippen LogP contribution in [0.1, 0.15) is 67.2 Å². The molecule has 9 unspecified atom stereocenters. The minimum absolute atomic E-state index is 0.169. The lowest BCUT2D eigenvalue weighted by Crippen LogP contribution is -2.66. The first-order valence-corrected chi connectivity index (χ1v) is 21.3. The first kappa shape index (κ1) is 51.9. The zero-order chi connectivity index (χ0) is 43.5. The Hall–Kier alpha value is -3.12. The zero-order valence-corrected chi connectivity index (χ0v) is 35.7. The van der Waals surface area contributed by atoms with Gasteiger partial charge in [0.2, 0.25) is 23.6 Å². The molecule has 0 aromatic rings. The van der Waals surface area contributed by atoms with Crippen LogP contribution in [0.5, 0.6) is 0 Å². The van der Waals surface area contributed by atoms with Crippen molar-refractivity contribution in [3.05, 3.63) is 12.2 Å². The number of aliphatic hydroxyl groups excluding tert-OH is 1. The van der Waals surface area contributed by atoms with E-state index in [1.165, 1.54) is 0 Å². The highest BCUT2D eigenvalue weighted by atomic mass is 32.2. The first-order valence-electron chi connectivity index (χ1n) is 18.7. The summed E-state index contributed by atoms with van der Waals surface area (Å²) >= 11 is 6.06. The Labute approximate surface area is 347 Å². The second-order valence-corrected chi connectivity index (χ2v) is 17.2. The van der Waals surface area contributed by atoms with Gasteiger partial charge in [0.25, 0.3) is 0 Å². The Morgan fingerprint density at radius 2 is 1.74 bits per heavy atom. The lowest BCUT2D eigenvalue weighted by atomic mass is 10.0. The zero-order valence-electron chi connectivity index (χ0n) is 33.2. The van der Waals surface area contributed by atoms with Gasteiger partial charge in [0.05, 0.1) is 18.8 Å². The van der Waals surface area contributed by atoms with E-state index in [1.807, 2.05) is 13.0 Å². The van der Waals surface area contributed by atoms with Crippen LogP contribution >= 0.6 is 36.2 Å². The number of ether oxygens (including phenoxy) is 1. The van der Waals surface area contributed by atoms with E-state index in [9.17, 15) is 43.8 Å². The Morgan fingerprint density at radius 1 is 1.09 bits per heavy atom. The lowest BCUT2D eigenvalue weighted by Gasteiger charge is -2.41. The van der Waals surface area contributed by atoms with Crippen LogP contribution in [0, 0.1) is 11.8 Å². The van der Waals surface area contributed by atoms with Crippen LogP contribution in [-0.4, -0.2) is 145 Å². The van der Waals surface area contributed by atoms with Crippen LogP contribution in [0.25, 0.3) is 0 Å². The molecule has 22 heteroatoms. The molecule has 1 aliphatic heterocycles. The molecule has 12 N–H and O–H groups in total. The van der Waals surface area contributed by atoms with Gasteiger partial charge in [-0.2, -0.15) is 24.4 Å². The predicted octanol–water partition coefficient (Wildman–Crippen LogP) is -1.28. The second kappa shape index (κ2) is 26.1. The molecule has 0 aliphatic carbocycles. The number of carbonyl (C=O) groups excluding carboxylic acids is 5. The molecule has 0 aromatic carbocycles. The average molecular weight is 868 g/mol. The summed E-state index contributed by atoms with van der Waals surface area (Å²) in [5, 5.41) is 53.0. The smallest absolute Gasteiger partial charge is 0.324 e. The van der Waals surface area contributed by atoms with Gasteiger partial charge in [-0.3, -0.25) is 44.2 Å². The second-order valence-electron chi connectivity index (χ2n) is 14.1. The number of amides is 4. The summed E-state index contributed by atoms with van der Waals surface area (Å²) in [6.45, 7) is 9.18. The molecule has 4 amide bonds. The van der Waals surface area contributed by atoms with Gasteiger partial charge in [-0.1, -0.05) is 47.6 Å². The van der Waals surface area contributed by atoms with Crippen molar-refractivity contribution in [1.82, 2.24) is 31.9 Å². The number of thioether (sulfide) groups is 2. The molecular formula is C35H61N7O12S3. The largest absolute Gasteiger partial charge is 0.480 e. The van der Waals surface area contributed by atoms with Gasteiger partial charge in [0.1, 0.15) is 36.8 Å². The quantitative estimate of drug-likeness (QED) is 0.0209. The van der Waals surface area contributed by atoms with E-state index in [2.05, 4.69) is 44.5 Å². The number of carbonyl (C=O) groups is 7. The number of aliphatic carboxylic acids is 2. The van der Waals surface area contributed by atoms with Crippen molar-refractivity contribution in [3.8, 4) is 0 Å². The van der Waals surface area contributed by atoms with Crippen molar-refractivity contribution in [2.24, 2.45) is 17.6 Å². The molecule has 0 aromatic heterocycles. The maximum Gasteiger partial charge on any atom is 0.324 e. The van der Waals surface area contributed by atoms with Gasteiger partial charge >= 0.3 is 17.9 Å². The average Bonchev–Trinajstić information content (AvgIpc) is 3.26. The van der Waals surface area contributed by atoms with Crippen LogP contribution in [0.4, 0.5) is 0 Å². The van der Waals surface area contributed by atoms with E-state index in [-0.39, 0.29) is 30.3 Å². The third kappa shape index (κ3) is 18.1. The molecule has 1 heterocycles. The molecule has 0 saturated carbocycles. The van der Waals surface area contributed by atoms with Crippen molar-refractivity contribution in [1.29, 1.82) is 0 Å². The molecule has 19 nitrogen and oxygen atoms in total. The van der Waals surface area contributed by atoms with E-state index in [0.29, 0.717) is 18.6 Å². The highest BCUT2D eigenvalue weighted by Crippen LogP contribution is 2.34. The van der Waals surface area contributed by atoms with Crippen LogP contribution in [-0.2, 0) is 38.3 Å². The number of thiol groups is 1. The maximum atomic E-state index is 13.8. The maximum absolute atomic E-state index is 13.8. The molecule has 1 rings (SSSR count). The summed E-state index contributed by atoms with van der Waals surface area (Å²) in [5.41, 5.74) is 5.51. The Kier molecular flexibility index (Phi) is 23.7. The standard InChI is InChI=1S/C35H61N7O12S3/c1-7-21(10-8-9-13-55)54-34(52)28(19(4)5)42-35(53)29(41-31(48)24(16-57-35)40-32(49)27(18(2)3)38-17-43)20(6)56-15-23(30(47)37-14-26(45)46)39-25(44)12-11-22(36)33(50)51/h8,10,18-24,27-29,38,42-43,53,55H,7,9,11-17,36H2,1-6H3,(H,37,47)(H,39,44)(H,40,49)(H,41,48)(H,45,46)(H,50,51)/b10-8+. The molecule has 9 atom stereocenters. The van der Waals surface area contributed by atoms with Gasteiger partial charge in [-0.15, -0.1) is 11.8 Å². The van der Waals surface area contributed by atoms with E-state index in [0.717, 1.165) is 23.5 Å². The third-order valence-electron chi connectivity index (χ3n) is 8.74. The van der Waals surface area contributed by atoms with E-state index in [4.69, 9.17) is 20.7 Å². The molecule has 0 bridgehead atoms. The molecule has 0 spiro atoms. The summed E-state index contributed by atoms with van der Waals surface area (Å²) in [6.07, 6.45) is 3.57. The van der Waals surface area contributed by atoms with E-state index in [1.54, 1.807) is 40.7 Å². The molecule has 0 radical (unpaired) electrons. The third-order valence-corrected chi connectivity index (χ3v) is 11.6. The molecule has 57 heavy (non-hydrogen) atoms. The fourth-order valence-electron chi connectivity index (χ4n) is 5.41. The summed E-state index contributed by atoms with van der Waals surface area (Å²) in [7, 11) is 0. The number of rotatable bonds is 26. The first-order chi connectivity index (χ1) is 26.7. The molecular weight excluding hydrogens is 807 g/mol. The minimum atomic E-state index is -2.11. The van der Waals surface area contributed by atoms with Crippen molar-refractivity contribution in [2.75, 3.05) is 30.5 Å². The van der Waals surface area contributed by atoms with E-state index >= 15 is 0 Å². The fraction of sp³-hybridized carbons (Fsp3) is 0.743. The number of carboxylic acid groups (broad SMARTS) is 2. The van der Waals surface area contributed by atoms with Crippen molar-refractivity contribution in [2.45, 2.75) is 120 Å². The number of aliphatic hydroxyl groups is 2. The summed E-state index contributed by atoms with van der Waals surface area (Å²) < 4.78 is 5.80. The Morgan fingerprint density at radius 3 is 2.28 bits per heavy atom. The molecule has 1 saturated heterocycles. The summed E-state index contributed by atoms with van der Waals surface area (Å²) in [5.74, 6) is -6.69. The number of esters is 1. The minimum Gasteiger partial charge on any atom is -0.480 e. The van der Waals surface area contributed by atoms with Crippen molar-refractivity contribution < 1.29 is 58.7 Å². The number of hydrogen-bond acceptors (Lipinski definition) is 16. The SMILES string of the molecule is CCC(/C=C/CCS)OC(=O)C(NC1(O)SCC(NC(=O)C(NCO)C(C)C)C(=O)NC1C(C)SCC(NC(=O)CCC(N)C(=O)O)C(=O)NCC(=O)O)C(C)C. The summed E-state index contributed by atoms with van der Waals surface area (Å²) in [6, 6.07) is -7.07. The van der Waals surface area contributed by atoms with Crippen LogP contribution in [0.2, 0.25) is 0 Å². The van der Waals surface area contributed by atoms with Crippen molar-refractivity contribution in [3.63, 3.8) is 0 Å². The fourth-order valence-corrected chi connectivity index (χ4v) is 8.14. The number of allylic oxidation sites excluding steroid dienone is 1. The highest BCUT2D eigenvalue weighted by molar-refractivity contribution is 8.01. The van der Waals surface area contributed by atoms with Crippen LogP contribution < -0.4 is 37.6 Å². The van der Waals surface area contributed by atoms with Crippen LogP contribution in [0.15, 0.2) is 12.2 Å². The monoisotopic (exact) mass is 867 g/mol. The molecule has 1 fully saturated rings. The Balaban J connectivity index is 3.53. The predicted molar refractivity (Wildman–Crippen MR) is 219 cm³/mol. The summed E-state index contributed by atoms with van der Waals surface area (Å²) in [4.78, 5) is 88.8. The number of nitrogens with one attached hydrogen (secondary N) is 6. The number of carboxylic acids is 2. The highest BCUT2D eigenvalue weighted by Gasteiger charge is 2.49. The topological polar surface area (TPSA) is 308 Å². The van der Waals surface area contributed by atoms with E-state index < -0.39 is 113 Å². The number of hydrogen-bond donors (Lipinski definition) is 12. The normalized spacial score (nSPS) is 21.7. The van der Waals surface area contributed by atoms with Gasteiger partial charge < -0.3 is 52.2 Å². The van der Waals surface area contributed by atoms with Gasteiger partial charge in [-0.25, -0.2) is 0 Å². The van der Waals surface area contributed by atoms with Crippen LogP contribution in [0.3, 0.4) is 0 Å².